The van der Waals surface area contributed by atoms with Crippen molar-refractivity contribution in [1.29, 1.82) is 0 Å². The Morgan fingerprint density at radius 3 is 2.13 bits per heavy atom. The van der Waals surface area contributed by atoms with Crippen molar-refractivity contribution >= 4 is 5.97 Å². The van der Waals surface area contributed by atoms with Crippen LogP contribution < -0.4 is 0 Å². The van der Waals surface area contributed by atoms with E-state index in [4.69, 9.17) is 5.11 Å². The molecule has 1 N–H and O–H groups in total. The molecule has 0 spiro atoms. The molecule has 4 heteroatoms. The molecule has 1 rings (SSSR count). The Bertz CT molecular complexity index is 366. The molecule has 0 saturated carbocycles. The number of alkyl halides is 2. The standard InChI is InChI=1S/C11H12F2O2/c1-7-3-8(2)5-9(4-7)6-11(12,13)10(14)15/h3-5H,6H2,1-2H3,(H,14,15). The van der Waals surface area contributed by atoms with Crippen LogP contribution in [0.4, 0.5) is 8.78 Å². The monoisotopic (exact) mass is 214 g/mol. The molecule has 0 heterocycles. The third-order valence-electron chi connectivity index (χ3n) is 2.02. The smallest absolute Gasteiger partial charge is 0.374 e. The second-order valence-corrected chi connectivity index (χ2v) is 3.68. The van der Waals surface area contributed by atoms with E-state index >= 15 is 0 Å². The van der Waals surface area contributed by atoms with Gasteiger partial charge in [0.1, 0.15) is 0 Å². The van der Waals surface area contributed by atoms with Gasteiger partial charge < -0.3 is 5.11 Å². The number of rotatable bonds is 3. The summed E-state index contributed by atoms with van der Waals surface area (Å²) in [7, 11) is 0. The van der Waals surface area contributed by atoms with Gasteiger partial charge in [0.05, 0.1) is 0 Å². The summed E-state index contributed by atoms with van der Waals surface area (Å²) in [5.74, 6) is -5.78. The fourth-order valence-corrected chi connectivity index (χ4v) is 1.50. The number of carboxylic acid groups (broad SMARTS) is 1. The van der Waals surface area contributed by atoms with Gasteiger partial charge in [-0.25, -0.2) is 4.79 Å². The average Bonchev–Trinajstić information content (AvgIpc) is 1.99. The highest BCUT2D eigenvalue weighted by molar-refractivity contribution is 5.75. The second kappa shape index (κ2) is 3.96. The van der Waals surface area contributed by atoms with E-state index in [-0.39, 0.29) is 0 Å². The number of benzene rings is 1. The summed E-state index contributed by atoms with van der Waals surface area (Å²) in [6.45, 7) is 3.57. The number of carboxylic acids is 1. The van der Waals surface area contributed by atoms with Gasteiger partial charge in [-0.1, -0.05) is 29.3 Å². The van der Waals surface area contributed by atoms with Crippen LogP contribution in [-0.2, 0) is 11.2 Å². The van der Waals surface area contributed by atoms with Crippen molar-refractivity contribution in [2.45, 2.75) is 26.2 Å². The van der Waals surface area contributed by atoms with E-state index < -0.39 is 18.3 Å². The van der Waals surface area contributed by atoms with Gasteiger partial charge in [0.2, 0.25) is 0 Å². The van der Waals surface area contributed by atoms with Gasteiger partial charge in [-0.3, -0.25) is 0 Å². The van der Waals surface area contributed by atoms with Crippen molar-refractivity contribution in [3.05, 3.63) is 34.9 Å². The average molecular weight is 214 g/mol. The van der Waals surface area contributed by atoms with Crippen molar-refractivity contribution < 1.29 is 18.7 Å². The number of halogens is 2. The topological polar surface area (TPSA) is 37.3 Å². The Labute approximate surface area is 86.5 Å². The van der Waals surface area contributed by atoms with Crippen LogP contribution >= 0.6 is 0 Å². The zero-order valence-corrected chi connectivity index (χ0v) is 8.55. The normalized spacial score (nSPS) is 11.5. The van der Waals surface area contributed by atoms with Crippen LogP contribution in [0.15, 0.2) is 18.2 Å². The summed E-state index contributed by atoms with van der Waals surface area (Å²) in [4.78, 5) is 10.2. The molecule has 0 saturated heterocycles. The van der Waals surface area contributed by atoms with E-state index in [0.29, 0.717) is 5.56 Å². The number of aryl methyl sites for hydroxylation is 2. The quantitative estimate of drug-likeness (QED) is 0.839. The summed E-state index contributed by atoms with van der Waals surface area (Å²) in [5.41, 5.74) is 2.05. The van der Waals surface area contributed by atoms with E-state index in [2.05, 4.69) is 0 Å². The molecule has 0 amide bonds. The lowest BCUT2D eigenvalue weighted by atomic mass is 10.0. The minimum absolute atomic E-state index is 0.347. The van der Waals surface area contributed by atoms with Crippen molar-refractivity contribution in [3.8, 4) is 0 Å². The summed E-state index contributed by atoms with van der Waals surface area (Å²) >= 11 is 0. The Balaban J connectivity index is 2.94. The van der Waals surface area contributed by atoms with Crippen molar-refractivity contribution in [1.82, 2.24) is 0 Å². The van der Waals surface area contributed by atoms with Crippen LogP contribution in [0.5, 0.6) is 0 Å². The molecule has 0 aliphatic carbocycles. The molecular formula is C11H12F2O2. The summed E-state index contributed by atoms with van der Waals surface area (Å²) in [6.07, 6.45) is -0.759. The molecule has 0 aliphatic rings. The van der Waals surface area contributed by atoms with Gasteiger partial charge in [0, 0.05) is 6.42 Å². The molecule has 0 aromatic heterocycles. The molecule has 0 radical (unpaired) electrons. The Hall–Kier alpha value is -1.45. The largest absolute Gasteiger partial charge is 0.477 e. The van der Waals surface area contributed by atoms with Crippen molar-refractivity contribution in [2.75, 3.05) is 0 Å². The lowest BCUT2D eigenvalue weighted by Gasteiger charge is -2.12. The molecule has 0 atom stereocenters. The Morgan fingerprint density at radius 1 is 1.27 bits per heavy atom. The predicted octanol–water partition coefficient (Wildman–Crippen LogP) is 2.57. The Kier molecular flexibility index (Phi) is 3.07. The van der Waals surface area contributed by atoms with E-state index in [9.17, 15) is 13.6 Å². The number of aliphatic carboxylic acids is 1. The third-order valence-corrected chi connectivity index (χ3v) is 2.02. The van der Waals surface area contributed by atoms with Gasteiger partial charge in [0.25, 0.3) is 0 Å². The van der Waals surface area contributed by atoms with Gasteiger partial charge in [-0.05, 0) is 19.4 Å². The molecule has 15 heavy (non-hydrogen) atoms. The first kappa shape index (κ1) is 11.6. The zero-order valence-electron chi connectivity index (χ0n) is 8.55. The molecule has 2 nitrogen and oxygen atoms in total. The maximum atomic E-state index is 12.9. The van der Waals surface area contributed by atoms with E-state index in [1.54, 1.807) is 26.0 Å². The molecule has 0 unspecified atom stereocenters. The highest BCUT2D eigenvalue weighted by Gasteiger charge is 2.38. The number of hydrogen-bond acceptors (Lipinski definition) is 1. The molecule has 0 aliphatic heterocycles. The summed E-state index contributed by atoms with van der Waals surface area (Å²) in [6, 6.07) is 5.00. The SMILES string of the molecule is Cc1cc(C)cc(CC(F)(F)C(=O)O)c1. The van der Waals surface area contributed by atoms with Crippen molar-refractivity contribution in [2.24, 2.45) is 0 Å². The maximum Gasteiger partial charge on any atom is 0.374 e. The van der Waals surface area contributed by atoms with Crippen LogP contribution in [0.3, 0.4) is 0 Å². The molecule has 0 fully saturated rings. The van der Waals surface area contributed by atoms with Crippen LogP contribution in [0.25, 0.3) is 0 Å². The third kappa shape index (κ3) is 3.01. The van der Waals surface area contributed by atoms with Crippen LogP contribution in [-0.4, -0.2) is 17.0 Å². The molecular weight excluding hydrogens is 202 g/mol. The highest BCUT2D eigenvalue weighted by Crippen LogP contribution is 2.21. The molecule has 82 valence electrons. The van der Waals surface area contributed by atoms with E-state index in [1.165, 1.54) is 0 Å². The van der Waals surface area contributed by atoms with Crippen LogP contribution in [0, 0.1) is 13.8 Å². The maximum absolute atomic E-state index is 12.9. The van der Waals surface area contributed by atoms with Crippen molar-refractivity contribution in [3.63, 3.8) is 0 Å². The molecule has 1 aromatic carbocycles. The summed E-state index contributed by atoms with van der Waals surface area (Å²) in [5, 5.41) is 8.29. The number of hydrogen-bond donors (Lipinski definition) is 1. The zero-order chi connectivity index (χ0) is 11.6. The summed E-state index contributed by atoms with van der Waals surface area (Å²) < 4.78 is 25.8. The van der Waals surface area contributed by atoms with Gasteiger partial charge in [0.15, 0.2) is 0 Å². The second-order valence-electron chi connectivity index (χ2n) is 3.68. The predicted molar refractivity (Wildman–Crippen MR) is 52.2 cm³/mol. The lowest BCUT2D eigenvalue weighted by molar-refractivity contribution is -0.164. The fraction of sp³-hybridized carbons (Fsp3) is 0.364. The van der Waals surface area contributed by atoms with E-state index in [0.717, 1.165) is 11.1 Å². The van der Waals surface area contributed by atoms with Crippen LogP contribution in [0.1, 0.15) is 16.7 Å². The molecule has 0 bridgehead atoms. The van der Waals surface area contributed by atoms with Gasteiger partial charge in [-0.15, -0.1) is 0 Å². The van der Waals surface area contributed by atoms with E-state index in [1.807, 2.05) is 6.07 Å². The lowest BCUT2D eigenvalue weighted by Crippen LogP contribution is -2.30. The first-order valence-electron chi connectivity index (χ1n) is 4.49. The van der Waals surface area contributed by atoms with Crippen LogP contribution in [0.2, 0.25) is 0 Å². The minimum Gasteiger partial charge on any atom is -0.477 e. The number of carbonyl (C=O) groups is 1. The first-order valence-corrected chi connectivity index (χ1v) is 4.49. The van der Waals surface area contributed by atoms with Gasteiger partial charge >= 0.3 is 11.9 Å². The fourth-order valence-electron chi connectivity index (χ4n) is 1.50. The van der Waals surface area contributed by atoms with Gasteiger partial charge in [-0.2, -0.15) is 8.78 Å². The molecule has 1 aromatic rings. The first-order chi connectivity index (χ1) is 6.81. The minimum atomic E-state index is -3.69. The Morgan fingerprint density at radius 2 is 1.73 bits per heavy atom. The highest BCUT2D eigenvalue weighted by atomic mass is 19.3.